The first-order valence-corrected chi connectivity index (χ1v) is 9.13. The van der Waals surface area contributed by atoms with Gasteiger partial charge in [0, 0.05) is 0 Å². The highest BCUT2D eigenvalue weighted by atomic mass is 16.5. The van der Waals surface area contributed by atoms with E-state index < -0.39 is 6.10 Å². The lowest BCUT2D eigenvalue weighted by atomic mass is 9.92. The van der Waals surface area contributed by atoms with Gasteiger partial charge in [-0.1, -0.05) is 25.7 Å². The van der Waals surface area contributed by atoms with Gasteiger partial charge in [-0.25, -0.2) is 4.79 Å². The number of aliphatic hydroxyl groups excluding tert-OH is 1. The molecule has 3 rings (SSSR count). The van der Waals surface area contributed by atoms with Crippen molar-refractivity contribution in [2.45, 2.75) is 75.7 Å². The van der Waals surface area contributed by atoms with E-state index in [0.717, 1.165) is 38.5 Å². The molecule has 0 aromatic carbocycles. The summed E-state index contributed by atoms with van der Waals surface area (Å²) in [5, 5.41) is 15.7. The van der Waals surface area contributed by atoms with Crippen molar-refractivity contribution in [3.63, 3.8) is 0 Å². The van der Waals surface area contributed by atoms with Crippen molar-refractivity contribution in [3.05, 3.63) is 24.2 Å². The lowest BCUT2D eigenvalue weighted by molar-refractivity contribution is -0.0410. The Morgan fingerprint density at radius 1 is 1.25 bits per heavy atom. The zero-order valence-electron chi connectivity index (χ0n) is 14.1. The van der Waals surface area contributed by atoms with Gasteiger partial charge in [0.1, 0.15) is 11.9 Å². The molecule has 2 fully saturated rings. The number of urea groups is 1. The first-order valence-electron chi connectivity index (χ1n) is 9.13. The molecule has 0 radical (unpaired) electrons. The van der Waals surface area contributed by atoms with E-state index in [1.807, 2.05) is 0 Å². The standard InChI is InChI=1S/C18H28N2O4/c21-15(17-10-5-11-23-17)12-19-18(22)20-14-8-3-4-9-16(14)24-13-6-1-2-7-13/h5,10-11,13-16,21H,1-4,6-9,12H2,(H2,19,20,22). The summed E-state index contributed by atoms with van der Waals surface area (Å²) in [6.45, 7) is 0.125. The predicted octanol–water partition coefficient (Wildman–Crippen LogP) is 2.88. The van der Waals surface area contributed by atoms with Crippen LogP contribution in [0.15, 0.2) is 22.8 Å². The topological polar surface area (TPSA) is 83.7 Å². The van der Waals surface area contributed by atoms with Crippen LogP contribution in [0, 0.1) is 0 Å². The fourth-order valence-electron chi connectivity index (χ4n) is 3.69. The van der Waals surface area contributed by atoms with Gasteiger partial charge in [-0.2, -0.15) is 0 Å². The van der Waals surface area contributed by atoms with Crippen LogP contribution in [-0.4, -0.2) is 35.9 Å². The summed E-state index contributed by atoms with van der Waals surface area (Å²) >= 11 is 0. The zero-order chi connectivity index (χ0) is 16.8. The normalized spacial score (nSPS) is 26.2. The fourth-order valence-corrected chi connectivity index (χ4v) is 3.69. The molecule has 0 bridgehead atoms. The number of hydrogen-bond donors (Lipinski definition) is 3. The van der Waals surface area contributed by atoms with Crippen LogP contribution in [0.25, 0.3) is 0 Å². The molecule has 3 atom stereocenters. The molecule has 3 unspecified atom stereocenters. The maximum Gasteiger partial charge on any atom is 0.315 e. The molecule has 2 amide bonds. The average Bonchev–Trinajstić information content (AvgIpc) is 3.28. The number of ether oxygens (including phenoxy) is 1. The van der Waals surface area contributed by atoms with Gasteiger partial charge in [0.05, 0.1) is 31.1 Å². The van der Waals surface area contributed by atoms with Crippen LogP contribution in [0.5, 0.6) is 0 Å². The summed E-state index contributed by atoms with van der Waals surface area (Å²) < 4.78 is 11.4. The number of furan rings is 1. The van der Waals surface area contributed by atoms with E-state index in [2.05, 4.69) is 10.6 Å². The summed E-state index contributed by atoms with van der Waals surface area (Å²) in [5.74, 6) is 0.454. The van der Waals surface area contributed by atoms with Crippen LogP contribution in [0.4, 0.5) is 4.79 Å². The van der Waals surface area contributed by atoms with Crippen molar-refractivity contribution in [3.8, 4) is 0 Å². The molecule has 0 saturated heterocycles. The van der Waals surface area contributed by atoms with Crippen LogP contribution in [-0.2, 0) is 4.74 Å². The van der Waals surface area contributed by atoms with Crippen molar-refractivity contribution in [2.75, 3.05) is 6.54 Å². The molecule has 134 valence electrons. The Hall–Kier alpha value is -1.53. The van der Waals surface area contributed by atoms with Gasteiger partial charge >= 0.3 is 6.03 Å². The molecule has 6 heteroatoms. The van der Waals surface area contributed by atoms with Crippen LogP contribution in [0.2, 0.25) is 0 Å². The van der Waals surface area contributed by atoms with E-state index in [1.165, 1.54) is 19.1 Å². The van der Waals surface area contributed by atoms with Crippen LogP contribution in [0.1, 0.15) is 63.2 Å². The smallest absolute Gasteiger partial charge is 0.315 e. The molecule has 24 heavy (non-hydrogen) atoms. The summed E-state index contributed by atoms with van der Waals surface area (Å²) in [7, 11) is 0. The third-order valence-electron chi connectivity index (χ3n) is 5.02. The van der Waals surface area contributed by atoms with Gasteiger partial charge in [-0.05, 0) is 37.8 Å². The number of carbonyl (C=O) groups is 1. The molecule has 0 aliphatic heterocycles. The number of rotatable bonds is 6. The summed E-state index contributed by atoms with van der Waals surface area (Å²) in [6, 6.07) is 3.20. The third kappa shape index (κ3) is 4.74. The second-order valence-corrected chi connectivity index (χ2v) is 6.86. The van der Waals surface area contributed by atoms with Gasteiger partial charge in [0.2, 0.25) is 0 Å². The lowest BCUT2D eigenvalue weighted by Gasteiger charge is -2.34. The van der Waals surface area contributed by atoms with Gasteiger partial charge in [0.15, 0.2) is 0 Å². The van der Waals surface area contributed by atoms with E-state index >= 15 is 0 Å². The van der Waals surface area contributed by atoms with Crippen molar-refractivity contribution in [2.24, 2.45) is 0 Å². The first kappa shape index (κ1) is 17.3. The predicted molar refractivity (Wildman–Crippen MR) is 89.6 cm³/mol. The maximum atomic E-state index is 12.1. The Morgan fingerprint density at radius 2 is 2.00 bits per heavy atom. The highest BCUT2D eigenvalue weighted by Gasteiger charge is 2.30. The van der Waals surface area contributed by atoms with Gasteiger partial charge in [-0.15, -0.1) is 0 Å². The number of carbonyl (C=O) groups excluding carboxylic acids is 1. The van der Waals surface area contributed by atoms with Crippen LogP contribution < -0.4 is 10.6 Å². The van der Waals surface area contributed by atoms with Gasteiger partial charge in [0.25, 0.3) is 0 Å². The van der Waals surface area contributed by atoms with Gasteiger partial charge in [-0.3, -0.25) is 0 Å². The minimum atomic E-state index is -0.831. The monoisotopic (exact) mass is 336 g/mol. The Balaban J connectivity index is 1.44. The molecular weight excluding hydrogens is 308 g/mol. The quantitative estimate of drug-likeness (QED) is 0.746. The Morgan fingerprint density at radius 3 is 2.75 bits per heavy atom. The highest BCUT2D eigenvalue weighted by Crippen LogP contribution is 2.28. The summed E-state index contributed by atoms with van der Waals surface area (Å²) in [6.07, 6.45) is 10.2. The number of hydrogen-bond acceptors (Lipinski definition) is 4. The van der Waals surface area contributed by atoms with E-state index in [1.54, 1.807) is 12.1 Å². The zero-order valence-corrected chi connectivity index (χ0v) is 14.1. The second kappa shape index (κ2) is 8.53. The van der Waals surface area contributed by atoms with E-state index in [4.69, 9.17) is 9.15 Å². The summed E-state index contributed by atoms with van der Waals surface area (Å²) in [4.78, 5) is 12.1. The molecule has 1 heterocycles. The SMILES string of the molecule is O=C(NCC(O)c1ccco1)NC1CCCCC1OC1CCCC1. The molecule has 2 aliphatic carbocycles. The Labute approximate surface area is 142 Å². The van der Waals surface area contributed by atoms with Gasteiger partial charge < -0.3 is 24.9 Å². The molecule has 2 saturated carbocycles. The lowest BCUT2D eigenvalue weighted by Crippen LogP contribution is -2.51. The molecule has 1 aromatic rings. The molecule has 2 aliphatic rings. The number of aliphatic hydroxyl groups is 1. The molecule has 1 aromatic heterocycles. The minimum absolute atomic E-state index is 0.0557. The van der Waals surface area contributed by atoms with Crippen molar-refractivity contribution < 1.29 is 19.1 Å². The maximum absolute atomic E-state index is 12.1. The average molecular weight is 336 g/mol. The largest absolute Gasteiger partial charge is 0.467 e. The molecule has 6 nitrogen and oxygen atoms in total. The van der Waals surface area contributed by atoms with Crippen LogP contribution >= 0.6 is 0 Å². The first-order chi connectivity index (χ1) is 11.7. The Bertz CT molecular complexity index is 499. The highest BCUT2D eigenvalue weighted by molar-refractivity contribution is 5.74. The Kier molecular flexibility index (Phi) is 6.15. The second-order valence-electron chi connectivity index (χ2n) is 6.86. The fraction of sp³-hybridized carbons (Fsp3) is 0.722. The molecule has 3 N–H and O–H groups in total. The number of nitrogens with one attached hydrogen (secondary N) is 2. The molecular formula is C18H28N2O4. The minimum Gasteiger partial charge on any atom is -0.467 e. The third-order valence-corrected chi connectivity index (χ3v) is 5.02. The van der Waals surface area contributed by atoms with Crippen molar-refractivity contribution in [1.82, 2.24) is 10.6 Å². The van der Waals surface area contributed by atoms with E-state index in [9.17, 15) is 9.90 Å². The van der Waals surface area contributed by atoms with Crippen LogP contribution in [0.3, 0.4) is 0 Å². The molecule has 0 spiro atoms. The van der Waals surface area contributed by atoms with E-state index in [-0.39, 0.29) is 24.7 Å². The summed E-state index contributed by atoms with van der Waals surface area (Å²) in [5.41, 5.74) is 0. The van der Waals surface area contributed by atoms with Crippen molar-refractivity contribution >= 4 is 6.03 Å². The number of amides is 2. The van der Waals surface area contributed by atoms with E-state index in [0.29, 0.717) is 11.9 Å². The van der Waals surface area contributed by atoms with Crippen molar-refractivity contribution in [1.29, 1.82) is 0 Å².